The summed E-state index contributed by atoms with van der Waals surface area (Å²) < 4.78 is 0. The lowest BCUT2D eigenvalue weighted by Crippen LogP contribution is -2.46. The smallest absolute Gasteiger partial charge is 0.225 e. The first kappa shape index (κ1) is 14.5. The van der Waals surface area contributed by atoms with Gasteiger partial charge in [0.1, 0.15) is 0 Å². The first-order chi connectivity index (χ1) is 10.8. The van der Waals surface area contributed by atoms with E-state index in [2.05, 4.69) is 26.3 Å². The van der Waals surface area contributed by atoms with Gasteiger partial charge in [0, 0.05) is 38.1 Å². The van der Waals surface area contributed by atoms with E-state index >= 15 is 0 Å². The maximum atomic E-state index is 8.82. The molecule has 1 aromatic carbocycles. The number of nitrogens with zero attached hydrogens (tertiary/aromatic N) is 4. The third kappa shape index (κ3) is 3.60. The highest BCUT2D eigenvalue weighted by molar-refractivity contribution is 5.32. The Labute approximate surface area is 130 Å². The third-order valence-corrected chi connectivity index (χ3v) is 3.93. The van der Waals surface area contributed by atoms with E-state index in [0.717, 1.165) is 32.0 Å². The van der Waals surface area contributed by atoms with Crippen molar-refractivity contribution in [2.45, 2.75) is 25.4 Å². The molecule has 0 bridgehead atoms. The van der Waals surface area contributed by atoms with Crippen LogP contribution < -0.4 is 10.2 Å². The van der Waals surface area contributed by atoms with E-state index in [9.17, 15) is 0 Å². The molecule has 5 heteroatoms. The van der Waals surface area contributed by atoms with Gasteiger partial charge in [0.2, 0.25) is 5.95 Å². The zero-order chi connectivity index (χ0) is 15.2. The second kappa shape index (κ2) is 7.01. The number of anilines is 1. The van der Waals surface area contributed by atoms with E-state index in [1.54, 1.807) is 12.4 Å². The van der Waals surface area contributed by atoms with Crippen LogP contribution in [0.1, 0.15) is 24.0 Å². The molecule has 1 fully saturated rings. The molecule has 1 aliphatic rings. The fourth-order valence-corrected chi connectivity index (χ4v) is 2.74. The van der Waals surface area contributed by atoms with Crippen LogP contribution in [0.5, 0.6) is 0 Å². The first-order valence-electron chi connectivity index (χ1n) is 7.59. The average Bonchev–Trinajstić information content (AvgIpc) is 2.61. The van der Waals surface area contributed by atoms with Gasteiger partial charge >= 0.3 is 0 Å². The van der Waals surface area contributed by atoms with Gasteiger partial charge in [0.05, 0.1) is 11.6 Å². The predicted molar refractivity (Wildman–Crippen MR) is 85.3 cm³/mol. The number of hydrogen-bond donors (Lipinski definition) is 1. The predicted octanol–water partition coefficient (Wildman–Crippen LogP) is 2.11. The molecule has 0 radical (unpaired) electrons. The van der Waals surface area contributed by atoms with E-state index in [1.807, 2.05) is 30.3 Å². The Balaban J connectivity index is 1.55. The first-order valence-corrected chi connectivity index (χ1v) is 7.59. The van der Waals surface area contributed by atoms with Crippen molar-refractivity contribution >= 4 is 5.95 Å². The van der Waals surface area contributed by atoms with Crippen molar-refractivity contribution in [3.05, 3.63) is 53.9 Å². The SMILES string of the molecule is N#Cc1ccc(CN[C@@H]2CCCN(c3ncccn3)C2)cc1. The molecule has 5 nitrogen and oxygen atoms in total. The van der Waals surface area contributed by atoms with E-state index in [0.29, 0.717) is 11.6 Å². The van der Waals surface area contributed by atoms with Crippen molar-refractivity contribution in [1.82, 2.24) is 15.3 Å². The van der Waals surface area contributed by atoms with Gasteiger partial charge in [0.15, 0.2) is 0 Å². The highest BCUT2D eigenvalue weighted by atomic mass is 15.3. The minimum atomic E-state index is 0.438. The van der Waals surface area contributed by atoms with Crippen LogP contribution in [0.2, 0.25) is 0 Å². The normalized spacial score (nSPS) is 18.0. The van der Waals surface area contributed by atoms with Crippen molar-refractivity contribution < 1.29 is 0 Å². The van der Waals surface area contributed by atoms with Crippen LogP contribution in [0.3, 0.4) is 0 Å². The van der Waals surface area contributed by atoms with Gasteiger partial charge in [-0.1, -0.05) is 12.1 Å². The second-order valence-electron chi connectivity index (χ2n) is 5.52. The fourth-order valence-electron chi connectivity index (χ4n) is 2.74. The fraction of sp³-hybridized carbons (Fsp3) is 0.353. The van der Waals surface area contributed by atoms with Crippen molar-refractivity contribution in [3.63, 3.8) is 0 Å². The van der Waals surface area contributed by atoms with E-state index in [1.165, 1.54) is 12.0 Å². The lowest BCUT2D eigenvalue weighted by atomic mass is 10.1. The van der Waals surface area contributed by atoms with Crippen molar-refractivity contribution in [1.29, 1.82) is 5.26 Å². The molecule has 3 rings (SSSR count). The van der Waals surface area contributed by atoms with E-state index < -0.39 is 0 Å². The Morgan fingerprint density at radius 1 is 1.23 bits per heavy atom. The largest absolute Gasteiger partial charge is 0.339 e. The van der Waals surface area contributed by atoms with Crippen LogP contribution in [0.25, 0.3) is 0 Å². The topological polar surface area (TPSA) is 64.8 Å². The number of rotatable bonds is 4. The quantitative estimate of drug-likeness (QED) is 0.935. The zero-order valence-electron chi connectivity index (χ0n) is 12.4. The van der Waals surface area contributed by atoms with Crippen molar-refractivity contribution in [2.75, 3.05) is 18.0 Å². The standard InChI is InChI=1S/C17H19N5/c18-11-14-4-6-15(7-5-14)12-21-16-3-1-10-22(13-16)17-19-8-2-9-20-17/h2,4-9,16,21H,1,3,10,12-13H2/t16-/m1/s1. The monoisotopic (exact) mass is 293 g/mol. The van der Waals surface area contributed by atoms with Crippen LogP contribution in [0.15, 0.2) is 42.7 Å². The summed E-state index contributed by atoms with van der Waals surface area (Å²) in [7, 11) is 0. The summed E-state index contributed by atoms with van der Waals surface area (Å²) in [6, 6.07) is 12.2. The zero-order valence-corrected chi connectivity index (χ0v) is 12.4. The lowest BCUT2D eigenvalue weighted by Gasteiger charge is -2.33. The van der Waals surface area contributed by atoms with Gasteiger partial charge in [-0.15, -0.1) is 0 Å². The molecule has 0 aliphatic carbocycles. The molecule has 1 atom stereocenters. The summed E-state index contributed by atoms with van der Waals surface area (Å²) >= 11 is 0. The summed E-state index contributed by atoms with van der Waals surface area (Å²) in [5.41, 5.74) is 1.90. The molecule has 0 unspecified atom stereocenters. The second-order valence-corrected chi connectivity index (χ2v) is 5.52. The Hall–Kier alpha value is -2.45. The average molecular weight is 293 g/mol. The molecular weight excluding hydrogens is 274 g/mol. The van der Waals surface area contributed by atoms with Crippen LogP contribution >= 0.6 is 0 Å². The molecule has 1 aliphatic heterocycles. The van der Waals surface area contributed by atoms with Gasteiger partial charge in [-0.25, -0.2) is 9.97 Å². The van der Waals surface area contributed by atoms with E-state index in [4.69, 9.17) is 5.26 Å². The number of aromatic nitrogens is 2. The number of nitriles is 1. The molecular formula is C17H19N5. The number of hydrogen-bond acceptors (Lipinski definition) is 5. The molecule has 0 spiro atoms. The summed E-state index contributed by atoms with van der Waals surface area (Å²) in [6.45, 7) is 2.76. The lowest BCUT2D eigenvalue weighted by molar-refractivity contribution is 0.418. The number of nitrogens with one attached hydrogen (secondary N) is 1. The van der Waals surface area contributed by atoms with Gasteiger partial charge in [-0.2, -0.15) is 5.26 Å². The molecule has 1 aromatic heterocycles. The van der Waals surface area contributed by atoms with Crippen LogP contribution in [0, 0.1) is 11.3 Å². The Morgan fingerprint density at radius 2 is 2.00 bits per heavy atom. The summed E-state index contributed by atoms with van der Waals surface area (Å²) in [5, 5.41) is 12.4. The van der Waals surface area contributed by atoms with Crippen LogP contribution in [-0.4, -0.2) is 29.1 Å². The minimum Gasteiger partial charge on any atom is -0.339 e. The Kier molecular flexibility index (Phi) is 4.62. The number of benzene rings is 1. The highest BCUT2D eigenvalue weighted by Gasteiger charge is 2.20. The molecule has 0 saturated carbocycles. The summed E-state index contributed by atoms with van der Waals surface area (Å²) in [6.07, 6.45) is 5.88. The Morgan fingerprint density at radius 3 is 2.73 bits per heavy atom. The molecule has 2 aromatic rings. The van der Waals surface area contributed by atoms with Gasteiger partial charge in [-0.05, 0) is 36.6 Å². The van der Waals surface area contributed by atoms with Gasteiger partial charge < -0.3 is 10.2 Å². The van der Waals surface area contributed by atoms with Crippen LogP contribution in [0.4, 0.5) is 5.95 Å². The van der Waals surface area contributed by atoms with Gasteiger partial charge in [0.25, 0.3) is 0 Å². The van der Waals surface area contributed by atoms with Crippen LogP contribution in [-0.2, 0) is 6.54 Å². The van der Waals surface area contributed by atoms with E-state index in [-0.39, 0.29) is 0 Å². The van der Waals surface area contributed by atoms with Crippen molar-refractivity contribution in [2.24, 2.45) is 0 Å². The summed E-state index contributed by atoms with van der Waals surface area (Å²) in [5.74, 6) is 0.812. The summed E-state index contributed by atoms with van der Waals surface area (Å²) in [4.78, 5) is 10.9. The maximum absolute atomic E-state index is 8.82. The molecule has 22 heavy (non-hydrogen) atoms. The molecule has 2 heterocycles. The molecule has 112 valence electrons. The maximum Gasteiger partial charge on any atom is 0.225 e. The molecule has 1 saturated heterocycles. The van der Waals surface area contributed by atoms with Gasteiger partial charge in [-0.3, -0.25) is 0 Å². The Bertz CT molecular complexity index is 632. The third-order valence-electron chi connectivity index (χ3n) is 3.93. The van der Waals surface area contributed by atoms with Crippen molar-refractivity contribution in [3.8, 4) is 6.07 Å². The molecule has 0 amide bonds. The number of piperidine rings is 1. The minimum absolute atomic E-state index is 0.438. The highest BCUT2D eigenvalue weighted by Crippen LogP contribution is 2.15. The molecule has 1 N–H and O–H groups in total.